The smallest absolute Gasteiger partial charge is 0.169 e. The van der Waals surface area contributed by atoms with Crippen molar-refractivity contribution in [3.05, 3.63) is 29.3 Å². The van der Waals surface area contributed by atoms with Crippen LogP contribution in [-0.2, 0) is 11.3 Å². The first-order valence-corrected chi connectivity index (χ1v) is 4.21. The van der Waals surface area contributed by atoms with Gasteiger partial charge in [-0.1, -0.05) is 12.1 Å². The van der Waals surface area contributed by atoms with E-state index in [9.17, 15) is 4.79 Å². The molecule has 0 spiro atoms. The molecular formula is C10H10O3. The van der Waals surface area contributed by atoms with Crippen LogP contribution < -0.4 is 4.89 Å². The predicted octanol–water partition coefficient (Wildman–Crippen LogP) is 1.75. The third-order valence-corrected chi connectivity index (χ3v) is 2.04. The lowest BCUT2D eigenvalue weighted by molar-refractivity contribution is -0.249. The molecule has 0 fully saturated rings. The molecule has 3 nitrogen and oxygen atoms in total. The van der Waals surface area contributed by atoms with E-state index in [2.05, 4.69) is 0 Å². The molecule has 1 aromatic rings. The lowest BCUT2D eigenvalue weighted by atomic mass is 10.0. The van der Waals surface area contributed by atoms with Crippen LogP contribution in [0.25, 0.3) is 0 Å². The second kappa shape index (κ2) is 3.18. The Morgan fingerprint density at radius 3 is 3.15 bits per heavy atom. The van der Waals surface area contributed by atoms with E-state index in [1.807, 2.05) is 13.0 Å². The van der Waals surface area contributed by atoms with Crippen molar-refractivity contribution in [1.82, 2.24) is 0 Å². The lowest BCUT2D eigenvalue weighted by Crippen LogP contribution is -2.20. The molecule has 0 N–H and O–H groups in total. The van der Waals surface area contributed by atoms with Gasteiger partial charge >= 0.3 is 0 Å². The molecule has 1 aromatic carbocycles. The lowest BCUT2D eigenvalue weighted by Gasteiger charge is -2.20. The van der Waals surface area contributed by atoms with Gasteiger partial charge < -0.3 is 4.89 Å². The highest BCUT2D eigenvalue weighted by Crippen LogP contribution is 2.26. The van der Waals surface area contributed by atoms with Gasteiger partial charge in [0.1, 0.15) is 12.4 Å². The van der Waals surface area contributed by atoms with Crippen molar-refractivity contribution in [3.8, 4) is 5.75 Å². The minimum Gasteiger partial charge on any atom is -0.337 e. The number of aldehydes is 1. The maximum Gasteiger partial charge on any atom is 0.169 e. The van der Waals surface area contributed by atoms with Gasteiger partial charge in [0, 0.05) is 17.5 Å². The maximum atomic E-state index is 10.5. The zero-order chi connectivity index (χ0) is 9.26. The van der Waals surface area contributed by atoms with Crippen molar-refractivity contribution in [2.75, 3.05) is 0 Å². The average molecular weight is 178 g/mol. The summed E-state index contributed by atoms with van der Waals surface area (Å²) in [5, 5.41) is 0. The predicted molar refractivity (Wildman–Crippen MR) is 46.7 cm³/mol. The Labute approximate surface area is 76.2 Å². The first kappa shape index (κ1) is 8.26. The molecule has 13 heavy (non-hydrogen) atoms. The third kappa shape index (κ3) is 1.55. The van der Waals surface area contributed by atoms with Gasteiger partial charge in [-0.25, -0.2) is 0 Å². The van der Waals surface area contributed by atoms with Crippen molar-refractivity contribution in [1.29, 1.82) is 0 Å². The molecule has 1 atom stereocenters. The highest BCUT2D eigenvalue weighted by Gasteiger charge is 2.17. The second-order valence-corrected chi connectivity index (χ2v) is 3.18. The van der Waals surface area contributed by atoms with Crippen LogP contribution in [0.15, 0.2) is 18.2 Å². The molecule has 1 aliphatic rings. The molecule has 0 amide bonds. The summed E-state index contributed by atoms with van der Waals surface area (Å²) < 4.78 is 0. The Hall–Kier alpha value is -1.35. The van der Waals surface area contributed by atoms with Crippen molar-refractivity contribution in [2.45, 2.75) is 19.4 Å². The summed E-state index contributed by atoms with van der Waals surface area (Å²) in [6.45, 7) is 1.94. The molecule has 0 aromatic heterocycles. The Balaban J connectivity index is 2.36. The third-order valence-electron chi connectivity index (χ3n) is 2.04. The number of hydrogen-bond acceptors (Lipinski definition) is 3. The quantitative estimate of drug-likeness (QED) is 0.485. The van der Waals surface area contributed by atoms with Gasteiger partial charge in [-0.2, -0.15) is 4.89 Å². The van der Waals surface area contributed by atoms with Gasteiger partial charge in [0.05, 0.1) is 0 Å². The molecule has 0 saturated heterocycles. The van der Waals surface area contributed by atoms with Crippen LogP contribution in [-0.4, -0.2) is 12.4 Å². The monoisotopic (exact) mass is 178 g/mol. The number of benzene rings is 1. The molecular weight excluding hydrogens is 168 g/mol. The van der Waals surface area contributed by atoms with Crippen molar-refractivity contribution in [3.63, 3.8) is 0 Å². The van der Waals surface area contributed by atoms with E-state index in [1.54, 1.807) is 12.1 Å². The van der Waals surface area contributed by atoms with E-state index in [-0.39, 0.29) is 6.10 Å². The summed E-state index contributed by atoms with van der Waals surface area (Å²) in [5.74, 6) is 0.655. The maximum absolute atomic E-state index is 10.5. The molecule has 0 saturated carbocycles. The van der Waals surface area contributed by atoms with Gasteiger partial charge in [0.25, 0.3) is 0 Å². The normalized spacial score (nSPS) is 20.2. The zero-order valence-electron chi connectivity index (χ0n) is 7.32. The average Bonchev–Trinajstić information content (AvgIpc) is 2.17. The van der Waals surface area contributed by atoms with Gasteiger partial charge in [-0.3, -0.25) is 4.79 Å². The fourth-order valence-corrected chi connectivity index (χ4v) is 1.37. The fraction of sp³-hybridized carbons (Fsp3) is 0.300. The minimum absolute atomic E-state index is 0.0783. The largest absolute Gasteiger partial charge is 0.337 e. The summed E-state index contributed by atoms with van der Waals surface area (Å²) in [4.78, 5) is 20.5. The van der Waals surface area contributed by atoms with Gasteiger partial charge in [-0.05, 0) is 13.0 Å². The van der Waals surface area contributed by atoms with E-state index in [0.717, 1.165) is 18.3 Å². The highest BCUT2D eigenvalue weighted by molar-refractivity contribution is 5.75. The highest BCUT2D eigenvalue weighted by atomic mass is 17.2. The van der Waals surface area contributed by atoms with Crippen molar-refractivity contribution in [2.24, 2.45) is 0 Å². The number of rotatable bonds is 1. The zero-order valence-corrected chi connectivity index (χ0v) is 7.32. The number of fused-ring (bicyclic) bond motifs is 1. The number of hydrogen-bond donors (Lipinski definition) is 0. The molecule has 0 bridgehead atoms. The van der Waals surface area contributed by atoms with E-state index >= 15 is 0 Å². The minimum atomic E-state index is 0.0783. The van der Waals surface area contributed by atoms with Crippen molar-refractivity contribution >= 4 is 6.29 Å². The van der Waals surface area contributed by atoms with E-state index in [0.29, 0.717) is 11.3 Å². The molecule has 68 valence electrons. The number of carbonyl (C=O) groups excluding carboxylic acids is 1. The summed E-state index contributed by atoms with van der Waals surface area (Å²) >= 11 is 0. The Morgan fingerprint density at radius 2 is 2.38 bits per heavy atom. The van der Waals surface area contributed by atoms with Crippen LogP contribution in [0.5, 0.6) is 5.75 Å². The van der Waals surface area contributed by atoms with Crippen LogP contribution in [0.3, 0.4) is 0 Å². The van der Waals surface area contributed by atoms with E-state index in [4.69, 9.17) is 9.78 Å². The summed E-state index contributed by atoms with van der Waals surface area (Å²) in [6.07, 6.45) is 1.70. The molecule has 0 aliphatic carbocycles. The Bertz CT molecular complexity index is 333. The second-order valence-electron chi connectivity index (χ2n) is 3.18. The van der Waals surface area contributed by atoms with Crippen LogP contribution in [0.4, 0.5) is 0 Å². The first-order chi connectivity index (χ1) is 6.29. The Kier molecular flexibility index (Phi) is 2.02. The molecule has 1 heterocycles. The first-order valence-electron chi connectivity index (χ1n) is 4.21. The van der Waals surface area contributed by atoms with E-state index < -0.39 is 0 Å². The molecule has 0 radical (unpaired) electrons. The summed E-state index contributed by atoms with van der Waals surface area (Å²) in [7, 11) is 0. The number of carbonyl (C=O) groups is 1. The standard InChI is InChI=1S/C10H10O3/c1-7-4-9-3-2-8(6-11)5-10(9)13-12-7/h2-3,5-7H,4H2,1H3. The van der Waals surface area contributed by atoms with Crippen molar-refractivity contribution < 1.29 is 14.6 Å². The van der Waals surface area contributed by atoms with Crippen LogP contribution >= 0.6 is 0 Å². The molecule has 3 heteroatoms. The van der Waals surface area contributed by atoms with Gasteiger partial charge in [0.2, 0.25) is 0 Å². The van der Waals surface area contributed by atoms with E-state index in [1.165, 1.54) is 0 Å². The summed E-state index contributed by atoms with van der Waals surface area (Å²) in [5.41, 5.74) is 1.70. The molecule has 1 unspecified atom stereocenters. The van der Waals surface area contributed by atoms with Gasteiger partial charge in [0.15, 0.2) is 5.75 Å². The fourth-order valence-electron chi connectivity index (χ4n) is 1.37. The van der Waals surface area contributed by atoms with Crippen LogP contribution in [0, 0.1) is 0 Å². The van der Waals surface area contributed by atoms with Crippen LogP contribution in [0.1, 0.15) is 22.8 Å². The molecule has 1 aliphatic heterocycles. The Morgan fingerprint density at radius 1 is 1.54 bits per heavy atom. The topological polar surface area (TPSA) is 35.5 Å². The summed E-state index contributed by atoms with van der Waals surface area (Å²) in [6, 6.07) is 5.37. The SMILES string of the molecule is CC1Cc2ccc(C=O)cc2OO1. The molecule has 2 rings (SSSR count). The van der Waals surface area contributed by atoms with Gasteiger partial charge in [-0.15, -0.1) is 0 Å². The van der Waals surface area contributed by atoms with Crippen LogP contribution in [0.2, 0.25) is 0 Å².